The number of hydrogen-bond acceptors (Lipinski definition) is 2. The Kier molecular flexibility index (Phi) is 8.32. The van der Waals surface area contributed by atoms with Gasteiger partial charge in [0.25, 0.3) is 0 Å². The van der Waals surface area contributed by atoms with Gasteiger partial charge in [-0.25, -0.2) is 0 Å². The summed E-state index contributed by atoms with van der Waals surface area (Å²) in [6, 6.07) is 73.2. The monoisotopic (exact) mass is 784 g/mol. The predicted molar refractivity (Wildman–Crippen MR) is 258 cm³/mol. The van der Waals surface area contributed by atoms with Crippen LogP contribution in [0.15, 0.2) is 194 Å². The van der Waals surface area contributed by atoms with Gasteiger partial charge in [0.15, 0.2) is 0 Å². The Bertz CT molecular complexity index is 3070. The third-order valence-electron chi connectivity index (χ3n) is 14.3. The third kappa shape index (κ3) is 5.62. The van der Waals surface area contributed by atoms with E-state index in [1.165, 1.54) is 114 Å². The van der Waals surface area contributed by atoms with Gasteiger partial charge in [0.2, 0.25) is 0 Å². The number of anilines is 5. The quantitative estimate of drug-likeness (QED) is 0.155. The SMILES string of the molecule is CC1(C)c2ccccc2-c2ccc(N(c3ccc(-c4c5ccccc5c(-c5ccccc5)c5ccccc45)cc3)c3ccc(N4c5ccccc5C5CCCCC54)cc3)cc21. The highest BCUT2D eigenvalue weighted by Crippen LogP contribution is 2.53. The summed E-state index contributed by atoms with van der Waals surface area (Å²) < 4.78 is 0. The van der Waals surface area contributed by atoms with E-state index in [0.717, 1.165) is 11.4 Å². The van der Waals surface area contributed by atoms with E-state index in [9.17, 15) is 0 Å². The molecule has 0 spiro atoms. The molecule has 0 saturated heterocycles. The molecule has 3 aliphatic rings. The zero-order chi connectivity index (χ0) is 40.7. The normalized spacial score (nSPS) is 17.2. The maximum absolute atomic E-state index is 2.65. The van der Waals surface area contributed by atoms with E-state index < -0.39 is 0 Å². The van der Waals surface area contributed by atoms with Gasteiger partial charge in [0.1, 0.15) is 0 Å². The highest BCUT2D eigenvalue weighted by atomic mass is 15.2. The molecule has 12 rings (SSSR count). The van der Waals surface area contributed by atoms with E-state index in [1.54, 1.807) is 0 Å². The first-order chi connectivity index (χ1) is 30.0. The van der Waals surface area contributed by atoms with Gasteiger partial charge in [-0.15, -0.1) is 0 Å². The van der Waals surface area contributed by atoms with Crippen molar-refractivity contribution in [2.75, 3.05) is 9.80 Å². The summed E-state index contributed by atoms with van der Waals surface area (Å²) in [5.41, 5.74) is 18.0. The summed E-state index contributed by atoms with van der Waals surface area (Å²) >= 11 is 0. The average molecular weight is 785 g/mol. The van der Waals surface area contributed by atoms with Crippen molar-refractivity contribution in [3.63, 3.8) is 0 Å². The smallest absolute Gasteiger partial charge is 0.0465 e. The Morgan fingerprint density at radius 2 is 0.984 bits per heavy atom. The summed E-state index contributed by atoms with van der Waals surface area (Å²) in [6.45, 7) is 4.75. The van der Waals surface area contributed by atoms with Crippen LogP contribution in [-0.2, 0) is 5.41 Å². The first-order valence-corrected chi connectivity index (χ1v) is 22.2. The second kappa shape index (κ2) is 14.1. The lowest BCUT2D eigenvalue weighted by Gasteiger charge is -2.34. The topological polar surface area (TPSA) is 6.48 Å². The van der Waals surface area contributed by atoms with E-state index in [4.69, 9.17) is 0 Å². The zero-order valence-electron chi connectivity index (χ0n) is 34.9. The van der Waals surface area contributed by atoms with Crippen LogP contribution in [0.4, 0.5) is 28.4 Å². The van der Waals surface area contributed by atoms with E-state index in [1.807, 2.05) is 0 Å². The maximum atomic E-state index is 2.65. The first-order valence-electron chi connectivity index (χ1n) is 22.2. The van der Waals surface area contributed by atoms with Gasteiger partial charge >= 0.3 is 0 Å². The molecule has 0 bridgehead atoms. The molecule has 1 fully saturated rings. The van der Waals surface area contributed by atoms with Crippen LogP contribution in [0.25, 0.3) is 54.9 Å². The van der Waals surface area contributed by atoms with Crippen molar-refractivity contribution in [2.45, 2.75) is 56.9 Å². The fourth-order valence-electron chi connectivity index (χ4n) is 11.5. The molecule has 1 heterocycles. The Morgan fingerprint density at radius 1 is 0.459 bits per heavy atom. The third-order valence-corrected chi connectivity index (χ3v) is 14.3. The fourth-order valence-corrected chi connectivity index (χ4v) is 11.5. The second-order valence-electron chi connectivity index (χ2n) is 17.9. The van der Waals surface area contributed by atoms with Gasteiger partial charge in [-0.1, -0.05) is 166 Å². The Labute approximate surface area is 359 Å². The van der Waals surface area contributed by atoms with Gasteiger partial charge in [-0.3, -0.25) is 0 Å². The van der Waals surface area contributed by atoms with Crippen molar-refractivity contribution in [1.29, 1.82) is 0 Å². The highest BCUT2D eigenvalue weighted by Gasteiger charge is 2.40. The van der Waals surface area contributed by atoms with Crippen molar-refractivity contribution in [1.82, 2.24) is 0 Å². The largest absolute Gasteiger partial charge is 0.338 e. The van der Waals surface area contributed by atoms with Crippen LogP contribution in [0.3, 0.4) is 0 Å². The van der Waals surface area contributed by atoms with E-state index in [-0.39, 0.29) is 5.41 Å². The molecule has 1 aliphatic heterocycles. The minimum absolute atomic E-state index is 0.102. The molecule has 61 heavy (non-hydrogen) atoms. The van der Waals surface area contributed by atoms with Gasteiger partial charge in [-0.05, 0) is 139 Å². The molecule has 0 aromatic heterocycles. The van der Waals surface area contributed by atoms with Crippen molar-refractivity contribution in [3.8, 4) is 33.4 Å². The fraction of sp³-hybridized carbons (Fsp3) is 0.153. The molecular formula is C59H48N2. The van der Waals surface area contributed by atoms with Crippen LogP contribution in [0, 0.1) is 0 Å². The zero-order valence-corrected chi connectivity index (χ0v) is 34.9. The van der Waals surface area contributed by atoms with Crippen LogP contribution >= 0.6 is 0 Å². The van der Waals surface area contributed by atoms with Crippen LogP contribution in [0.5, 0.6) is 0 Å². The van der Waals surface area contributed by atoms with Crippen LogP contribution in [-0.4, -0.2) is 6.04 Å². The molecule has 2 atom stereocenters. The summed E-state index contributed by atoms with van der Waals surface area (Å²) in [6.07, 6.45) is 5.15. The Hall–Kier alpha value is -6.90. The number of fused-ring (bicyclic) bond motifs is 8. The molecule has 9 aromatic rings. The lowest BCUT2D eigenvalue weighted by atomic mass is 9.82. The summed E-state index contributed by atoms with van der Waals surface area (Å²) in [4.78, 5) is 5.11. The second-order valence-corrected chi connectivity index (χ2v) is 17.9. The molecule has 0 amide bonds. The van der Waals surface area contributed by atoms with Gasteiger partial charge in [0, 0.05) is 45.8 Å². The van der Waals surface area contributed by atoms with Crippen molar-refractivity contribution in [3.05, 3.63) is 211 Å². The van der Waals surface area contributed by atoms with Gasteiger partial charge in [-0.2, -0.15) is 0 Å². The van der Waals surface area contributed by atoms with Crippen LogP contribution in [0.2, 0.25) is 0 Å². The molecule has 0 radical (unpaired) electrons. The van der Waals surface area contributed by atoms with Crippen molar-refractivity contribution < 1.29 is 0 Å². The number of nitrogens with zero attached hydrogens (tertiary/aromatic N) is 2. The summed E-state index contributed by atoms with van der Waals surface area (Å²) in [5, 5.41) is 5.08. The van der Waals surface area contributed by atoms with Crippen molar-refractivity contribution in [2.24, 2.45) is 0 Å². The van der Waals surface area contributed by atoms with Gasteiger partial charge in [0.05, 0.1) is 0 Å². The summed E-state index contributed by atoms with van der Waals surface area (Å²) in [7, 11) is 0. The lowest BCUT2D eigenvalue weighted by Crippen LogP contribution is -2.32. The molecule has 2 unspecified atom stereocenters. The van der Waals surface area contributed by atoms with Crippen LogP contribution in [0.1, 0.15) is 62.1 Å². The van der Waals surface area contributed by atoms with E-state index in [0.29, 0.717) is 12.0 Å². The Morgan fingerprint density at radius 3 is 1.67 bits per heavy atom. The molecule has 1 saturated carbocycles. The predicted octanol–water partition coefficient (Wildman–Crippen LogP) is 16.3. The minimum atomic E-state index is -0.102. The Balaban J connectivity index is 0.994. The first kappa shape index (κ1) is 36.0. The minimum Gasteiger partial charge on any atom is -0.338 e. The standard InChI is InChI=1S/C59H48N2/c1-59(2)53-25-13-10-18-45(53)46-37-36-44(38-54(46)59)60(42-32-34-43(35-33-42)61-55-26-14-11-19-47(55)48-20-12-15-27-56(48)61)41-30-28-40(29-31-41)58-51-23-8-6-21-49(51)57(39-16-4-3-5-17-39)50-22-7-9-24-52(50)58/h3-11,13-14,16-19,21-26,28-38,48,56H,12,15,20,27H2,1-2H3. The number of hydrogen-bond donors (Lipinski definition) is 0. The summed E-state index contributed by atoms with van der Waals surface area (Å²) in [5.74, 6) is 0.613. The van der Waals surface area contributed by atoms with E-state index in [2.05, 4.69) is 218 Å². The molecule has 2 heteroatoms. The van der Waals surface area contributed by atoms with Crippen LogP contribution < -0.4 is 9.80 Å². The van der Waals surface area contributed by atoms with Crippen molar-refractivity contribution >= 4 is 50.0 Å². The number of rotatable bonds is 6. The average Bonchev–Trinajstić information content (AvgIpc) is 3.77. The van der Waals surface area contributed by atoms with Gasteiger partial charge < -0.3 is 9.80 Å². The van der Waals surface area contributed by atoms with E-state index >= 15 is 0 Å². The molecule has 0 N–H and O–H groups in total. The molecule has 2 aliphatic carbocycles. The molecule has 9 aromatic carbocycles. The molecule has 294 valence electrons. The number of benzene rings is 9. The molecular weight excluding hydrogens is 737 g/mol. The maximum Gasteiger partial charge on any atom is 0.0465 e. The highest BCUT2D eigenvalue weighted by molar-refractivity contribution is 6.21. The number of para-hydroxylation sites is 1. The lowest BCUT2D eigenvalue weighted by molar-refractivity contribution is 0.402. The molecule has 2 nitrogen and oxygen atoms in total.